The van der Waals surface area contributed by atoms with Crippen molar-refractivity contribution in [1.29, 1.82) is 0 Å². The first kappa shape index (κ1) is 13.4. The van der Waals surface area contributed by atoms with Crippen LogP contribution in [0.1, 0.15) is 13.8 Å². The summed E-state index contributed by atoms with van der Waals surface area (Å²) in [6, 6.07) is 13.1. The van der Waals surface area contributed by atoms with Gasteiger partial charge in [-0.15, -0.1) is 0 Å². The highest BCUT2D eigenvalue weighted by Crippen LogP contribution is 2.24. The summed E-state index contributed by atoms with van der Waals surface area (Å²) in [6.45, 7) is 4.24. The van der Waals surface area contributed by atoms with Crippen molar-refractivity contribution in [2.75, 3.05) is 5.32 Å². The topological polar surface area (TPSA) is 51.1 Å². The molecule has 1 amide bonds. The van der Waals surface area contributed by atoms with E-state index in [1.165, 1.54) is 6.92 Å². The van der Waals surface area contributed by atoms with Crippen LogP contribution in [0.2, 0.25) is 0 Å². The van der Waals surface area contributed by atoms with Gasteiger partial charge in [-0.2, -0.15) is 0 Å². The average Bonchev–Trinajstić information content (AvgIpc) is 2.47. The van der Waals surface area contributed by atoms with E-state index in [0.29, 0.717) is 16.5 Å². The molecule has 0 spiro atoms. The summed E-state index contributed by atoms with van der Waals surface area (Å²) in [6.07, 6.45) is 0. The molecule has 3 rings (SSSR count). The fourth-order valence-corrected chi connectivity index (χ4v) is 2.80. The summed E-state index contributed by atoms with van der Waals surface area (Å²) in [5.74, 6) is -0.182. The number of amides is 1. The van der Waals surface area contributed by atoms with E-state index in [4.69, 9.17) is 0 Å². The highest BCUT2D eigenvalue weighted by molar-refractivity contribution is 6.04. The Morgan fingerprint density at radius 2 is 1.81 bits per heavy atom. The van der Waals surface area contributed by atoms with Gasteiger partial charge >= 0.3 is 0 Å². The van der Waals surface area contributed by atoms with Crippen LogP contribution in [0.3, 0.4) is 0 Å². The zero-order valence-electron chi connectivity index (χ0n) is 12.0. The number of aryl methyl sites for hydroxylation is 1. The fourth-order valence-electron chi connectivity index (χ4n) is 2.80. The van der Waals surface area contributed by atoms with Crippen LogP contribution in [0.5, 0.6) is 0 Å². The van der Waals surface area contributed by atoms with Crippen LogP contribution in [-0.4, -0.2) is 10.5 Å². The van der Waals surface area contributed by atoms with Crippen LogP contribution in [0.25, 0.3) is 21.8 Å². The van der Waals surface area contributed by atoms with Crippen molar-refractivity contribution in [3.05, 3.63) is 52.7 Å². The summed E-state index contributed by atoms with van der Waals surface area (Å²) in [7, 11) is 0. The zero-order valence-corrected chi connectivity index (χ0v) is 12.0. The van der Waals surface area contributed by atoms with Crippen LogP contribution in [0, 0.1) is 0 Å². The number of hydrogen-bond donors (Lipinski definition) is 1. The number of aromatic nitrogens is 1. The van der Waals surface area contributed by atoms with Gasteiger partial charge in [0.25, 0.3) is 0 Å². The van der Waals surface area contributed by atoms with Gasteiger partial charge in [0.2, 0.25) is 5.91 Å². The molecule has 1 aromatic heterocycles. The van der Waals surface area contributed by atoms with Crippen LogP contribution in [0.4, 0.5) is 5.69 Å². The van der Waals surface area contributed by atoms with Crippen molar-refractivity contribution in [3.8, 4) is 0 Å². The lowest BCUT2D eigenvalue weighted by atomic mass is 10.1. The van der Waals surface area contributed by atoms with E-state index in [1.807, 2.05) is 43.3 Å². The van der Waals surface area contributed by atoms with E-state index in [1.54, 1.807) is 6.07 Å². The molecule has 0 radical (unpaired) electrons. The number of rotatable bonds is 2. The maximum Gasteiger partial charge on any atom is 0.221 e. The molecule has 1 N–H and O–H groups in total. The smallest absolute Gasteiger partial charge is 0.221 e. The minimum absolute atomic E-state index is 0.0466. The zero-order chi connectivity index (χ0) is 15.0. The molecule has 0 aliphatic rings. The molecule has 4 nitrogen and oxygen atoms in total. The predicted molar refractivity (Wildman–Crippen MR) is 85.7 cm³/mol. The van der Waals surface area contributed by atoms with Crippen molar-refractivity contribution >= 4 is 33.4 Å². The van der Waals surface area contributed by atoms with Gasteiger partial charge < -0.3 is 9.88 Å². The van der Waals surface area contributed by atoms with Crippen LogP contribution in [0.15, 0.2) is 47.3 Å². The van der Waals surface area contributed by atoms with Gasteiger partial charge in [-0.3, -0.25) is 9.59 Å². The Morgan fingerprint density at radius 3 is 2.52 bits per heavy atom. The molecule has 0 aliphatic heterocycles. The molecule has 2 aromatic carbocycles. The summed E-state index contributed by atoms with van der Waals surface area (Å²) in [5, 5.41) is 3.99. The number of benzene rings is 2. The van der Waals surface area contributed by atoms with Gasteiger partial charge in [-0.25, -0.2) is 0 Å². The lowest BCUT2D eigenvalue weighted by Gasteiger charge is -2.15. The van der Waals surface area contributed by atoms with Gasteiger partial charge in [-0.05, 0) is 31.2 Å². The van der Waals surface area contributed by atoms with E-state index in [2.05, 4.69) is 9.88 Å². The predicted octanol–water partition coefficient (Wildman–Crippen LogP) is 3.13. The number of carbonyl (C=O) groups is 1. The Morgan fingerprint density at radius 1 is 1.10 bits per heavy atom. The molecule has 0 atom stereocenters. The summed E-state index contributed by atoms with van der Waals surface area (Å²) in [4.78, 5) is 24.2. The van der Waals surface area contributed by atoms with Gasteiger partial charge in [0.05, 0.1) is 22.1 Å². The normalized spacial score (nSPS) is 11.0. The second kappa shape index (κ2) is 5.05. The molecule has 0 unspecified atom stereocenters. The fraction of sp³-hybridized carbons (Fsp3) is 0.176. The standard InChI is InChI=1S/C17H16N2O2/c1-3-19-14-9-5-4-7-12(14)17(21)16-13(18-11(2)20)8-6-10-15(16)19/h4-10H,3H2,1-2H3,(H,18,20). The minimum Gasteiger partial charge on any atom is -0.340 e. The average molecular weight is 280 g/mol. The number of hydrogen-bond acceptors (Lipinski definition) is 2. The van der Waals surface area contributed by atoms with E-state index in [0.717, 1.165) is 17.6 Å². The molecule has 106 valence electrons. The quantitative estimate of drug-likeness (QED) is 0.733. The molecule has 0 saturated heterocycles. The van der Waals surface area contributed by atoms with Crippen molar-refractivity contribution < 1.29 is 4.79 Å². The lowest BCUT2D eigenvalue weighted by molar-refractivity contribution is -0.114. The van der Waals surface area contributed by atoms with E-state index < -0.39 is 0 Å². The van der Waals surface area contributed by atoms with Crippen molar-refractivity contribution in [3.63, 3.8) is 0 Å². The molecule has 0 fully saturated rings. The Balaban J connectivity index is 2.54. The second-order valence-electron chi connectivity index (χ2n) is 4.97. The summed E-state index contributed by atoms with van der Waals surface area (Å²) >= 11 is 0. The lowest BCUT2D eigenvalue weighted by Crippen LogP contribution is -2.14. The maximum atomic E-state index is 12.8. The molecular formula is C17H16N2O2. The molecule has 0 saturated carbocycles. The number of fused-ring (bicyclic) bond motifs is 2. The van der Waals surface area contributed by atoms with Crippen LogP contribution >= 0.6 is 0 Å². The highest BCUT2D eigenvalue weighted by Gasteiger charge is 2.13. The molecule has 3 aromatic rings. The maximum absolute atomic E-state index is 12.8. The Hall–Kier alpha value is -2.62. The molecule has 0 aliphatic carbocycles. The SMILES string of the molecule is CCn1c2ccccc2c(=O)c2c(NC(C)=O)cccc21. The number of nitrogens with zero attached hydrogens (tertiary/aromatic N) is 1. The van der Waals surface area contributed by atoms with Crippen LogP contribution < -0.4 is 10.7 Å². The molecule has 0 bridgehead atoms. The Kier molecular flexibility index (Phi) is 3.22. The van der Waals surface area contributed by atoms with E-state index >= 15 is 0 Å². The van der Waals surface area contributed by atoms with E-state index in [-0.39, 0.29) is 11.3 Å². The monoisotopic (exact) mass is 280 g/mol. The van der Waals surface area contributed by atoms with Crippen molar-refractivity contribution in [1.82, 2.24) is 4.57 Å². The summed E-state index contributed by atoms with van der Waals surface area (Å²) < 4.78 is 2.09. The third-order valence-corrected chi connectivity index (χ3v) is 3.63. The minimum atomic E-state index is -0.182. The number of nitrogens with one attached hydrogen (secondary N) is 1. The summed E-state index contributed by atoms with van der Waals surface area (Å²) in [5.41, 5.74) is 2.28. The molecular weight excluding hydrogens is 264 g/mol. The Labute approximate surface area is 122 Å². The number of para-hydroxylation sites is 1. The highest BCUT2D eigenvalue weighted by atomic mass is 16.1. The van der Waals surface area contributed by atoms with Gasteiger partial charge in [-0.1, -0.05) is 18.2 Å². The van der Waals surface area contributed by atoms with E-state index in [9.17, 15) is 9.59 Å². The Bertz CT molecular complexity index is 910. The second-order valence-corrected chi connectivity index (χ2v) is 4.97. The van der Waals surface area contributed by atoms with Crippen molar-refractivity contribution in [2.24, 2.45) is 0 Å². The first-order valence-electron chi connectivity index (χ1n) is 6.95. The largest absolute Gasteiger partial charge is 0.340 e. The van der Waals surface area contributed by atoms with Gasteiger partial charge in [0.15, 0.2) is 5.43 Å². The molecule has 21 heavy (non-hydrogen) atoms. The molecule has 1 heterocycles. The number of carbonyl (C=O) groups excluding carboxylic acids is 1. The first-order valence-corrected chi connectivity index (χ1v) is 6.95. The number of anilines is 1. The first-order chi connectivity index (χ1) is 10.1. The third kappa shape index (κ3) is 2.09. The third-order valence-electron chi connectivity index (χ3n) is 3.63. The number of pyridine rings is 1. The van der Waals surface area contributed by atoms with Gasteiger partial charge in [0.1, 0.15) is 0 Å². The van der Waals surface area contributed by atoms with Crippen LogP contribution in [-0.2, 0) is 11.3 Å². The van der Waals surface area contributed by atoms with Gasteiger partial charge in [0, 0.05) is 18.9 Å². The molecule has 4 heteroatoms. The van der Waals surface area contributed by atoms with Crippen molar-refractivity contribution in [2.45, 2.75) is 20.4 Å².